The van der Waals surface area contributed by atoms with Gasteiger partial charge in [-0.15, -0.1) is 0 Å². The maximum absolute atomic E-state index is 13.9. The fourth-order valence-corrected chi connectivity index (χ4v) is 4.18. The number of fused-ring (bicyclic) bond motifs is 3. The molecule has 0 bridgehead atoms. The van der Waals surface area contributed by atoms with Crippen LogP contribution in [0.15, 0.2) is 60.7 Å². The molecule has 156 valence electrons. The molecule has 1 spiro atoms. The predicted octanol–water partition coefficient (Wildman–Crippen LogP) is 3.72. The van der Waals surface area contributed by atoms with Gasteiger partial charge in [-0.25, -0.2) is 4.39 Å². The number of para-hydroxylation sites is 1. The van der Waals surface area contributed by atoms with E-state index < -0.39 is 23.3 Å². The van der Waals surface area contributed by atoms with Gasteiger partial charge in [0.25, 0.3) is 11.8 Å². The summed E-state index contributed by atoms with van der Waals surface area (Å²) in [5.74, 6) is -0.520. The zero-order valence-electron chi connectivity index (χ0n) is 16.7. The molecule has 2 amide bonds. The molecule has 0 saturated carbocycles. The molecule has 8 heteroatoms. The lowest BCUT2D eigenvalue weighted by molar-refractivity contribution is -0.119. The van der Waals surface area contributed by atoms with Gasteiger partial charge >= 0.3 is 0 Å². The minimum absolute atomic E-state index is 0.294. The highest BCUT2D eigenvalue weighted by atomic mass is 19.1. The molecule has 0 aromatic heterocycles. The molecule has 5 rings (SSSR count). The summed E-state index contributed by atoms with van der Waals surface area (Å²) in [6, 6.07) is 15.9. The second-order valence-electron chi connectivity index (χ2n) is 7.20. The zero-order valence-corrected chi connectivity index (χ0v) is 16.7. The van der Waals surface area contributed by atoms with Crippen molar-refractivity contribution in [2.75, 3.05) is 29.8 Å². The molecular formula is C23H18FN3O4. The van der Waals surface area contributed by atoms with E-state index in [1.54, 1.807) is 42.5 Å². The Morgan fingerprint density at radius 3 is 2.52 bits per heavy atom. The molecule has 2 heterocycles. The van der Waals surface area contributed by atoms with Crippen LogP contribution in [0.2, 0.25) is 0 Å². The van der Waals surface area contributed by atoms with Gasteiger partial charge in [0.2, 0.25) is 5.66 Å². The molecule has 2 aliphatic heterocycles. The topological polar surface area (TPSA) is 79.9 Å². The standard InChI is InChI=1S/C23H18FN3O4/c1-30-14-8-10-19(20(12-14)31-2)27-21(28)15-5-3-4-6-17(15)26-23(27)16-9-7-13(24)11-18(16)25-22(23)29/h3-12,26H,1-2H3,(H,25,29)/t23-/m0/s1. The molecule has 2 N–H and O–H groups in total. The van der Waals surface area contributed by atoms with Crippen molar-refractivity contribution in [2.24, 2.45) is 0 Å². The maximum Gasteiger partial charge on any atom is 0.276 e. The van der Waals surface area contributed by atoms with E-state index in [0.29, 0.717) is 39.7 Å². The summed E-state index contributed by atoms with van der Waals surface area (Å²) in [4.78, 5) is 28.5. The number of hydrogen-bond acceptors (Lipinski definition) is 5. The van der Waals surface area contributed by atoms with Gasteiger partial charge < -0.3 is 20.1 Å². The van der Waals surface area contributed by atoms with Crippen molar-refractivity contribution >= 4 is 28.9 Å². The van der Waals surface area contributed by atoms with Crippen molar-refractivity contribution in [3.8, 4) is 11.5 Å². The molecule has 1 atom stereocenters. The summed E-state index contributed by atoms with van der Waals surface area (Å²) >= 11 is 0. The third-order valence-corrected chi connectivity index (χ3v) is 5.59. The third-order valence-electron chi connectivity index (χ3n) is 5.59. The Morgan fingerprint density at radius 2 is 1.74 bits per heavy atom. The van der Waals surface area contributed by atoms with Crippen LogP contribution in [0.4, 0.5) is 21.5 Å². The smallest absolute Gasteiger partial charge is 0.276 e. The van der Waals surface area contributed by atoms with Crippen LogP contribution in [0, 0.1) is 5.82 Å². The second kappa shape index (κ2) is 6.73. The second-order valence-corrected chi connectivity index (χ2v) is 7.20. The normalized spacial score (nSPS) is 18.9. The lowest BCUT2D eigenvalue weighted by Crippen LogP contribution is -2.61. The zero-order chi connectivity index (χ0) is 21.8. The van der Waals surface area contributed by atoms with Gasteiger partial charge in [0.05, 0.1) is 31.2 Å². The molecule has 3 aromatic carbocycles. The van der Waals surface area contributed by atoms with Crippen molar-refractivity contribution in [3.63, 3.8) is 0 Å². The monoisotopic (exact) mass is 419 g/mol. The third kappa shape index (κ3) is 2.58. The minimum Gasteiger partial charge on any atom is -0.497 e. The van der Waals surface area contributed by atoms with Crippen LogP contribution < -0.4 is 25.0 Å². The molecule has 31 heavy (non-hydrogen) atoms. The van der Waals surface area contributed by atoms with Gasteiger partial charge in [-0.1, -0.05) is 12.1 Å². The molecule has 0 fully saturated rings. The number of anilines is 3. The number of nitrogens with one attached hydrogen (secondary N) is 2. The van der Waals surface area contributed by atoms with Crippen molar-refractivity contribution in [1.82, 2.24) is 0 Å². The number of nitrogens with zero attached hydrogens (tertiary/aromatic N) is 1. The van der Waals surface area contributed by atoms with Crippen molar-refractivity contribution in [3.05, 3.63) is 77.6 Å². The van der Waals surface area contributed by atoms with E-state index in [2.05, 4.69) is 10.6 Å². The van der Waals surface area contributed by atoms with E-state index in [9.17, 15) is 14.0 Å². The van der Waals surface area contributed by atoms with Crippen LogP contribution in [-0.4, -0.2) is 26.0 Å². The van der Waals surface area contributed by atoms with E-state index in [1.807, 2.05) is 0 Å². The number of methoxy groups -OCH3 is 2. The molecule has 0 radical (unpaired) electrons. The number of halogens is 1. The quantitative estimate of drug-likeness (QED) is 0.677. The van der Waals surface area contributed by atoms with Crippen LogP contribution in [0.3, 0.4) is 0 Å². The molecular weight excluding hydrogens is 401 g/mol. The van der Waals surface area contributed by atoms with Crippen LogP contribution in [0.5, 0.6) is 11.5 Å². The summed E-state index contributed by atoms with van der Waals surface area (Å²) in [5, 5.41) is 5.95. The Balaban J connectivity index is 1.82. The Kier molecular flexibility index (Phi) is 4.11. The van der Waals surface area contributed by atoms with E-state index >= 15 is 0 Å². The molecule has 3 aromatic rings. The van der Waals surface area contributed by atoms with E-state index in [4.69, 9.17) is 9.47 Å². The summed E-state index contributed by atoms with van der Waals surface area (Å²) in [6.45, 7) is 0. The minimum atomic E-state index is -1.63. The average Bonchev–Trinajstić information content (AvgIpc) is 3.04. The van der Waals surface area contributed by atoms with Gasteiger partial charge in [-0.2, -0.15) is 0 Å². The molecule has 0 aliphatic carbocycles. The lowest BCUT2D eigenvalue weighted by atomic mass is 9.92. The number of carbonyl (C=O) groups is 2. The Bertz CT molecular complexity index is 1250. The highest BCUT2D eigenvalue weighted by molar-refractivity contribution is 6.22. The Labute approximate surface area is 177 Å². The first-order valence-corrected chi connectivity index (χ1v) is 9.55. The van der Waals surface area contributed by atoms with Crippen molar-refractivity contribution < 1.29 is 23.5 Å². The van der Waals surface area contributed by atoms with Gasteiger partial charge in [-0.3, -0.25) is 14.5 Å². The van der Waals surface area contributed by atoms with E-state index in [0.717, 1.165) is 0 Å². The van der Waals surface area contributed by atoms with Crippen LogP contribution in [-0.2, 0) is 10.5 Å². The molecule has 2 aliphatic rings. The molecule has 0 unspecified atom stereocenters. The van der Waals surface area contributed by atoms with Gasteiger partial charge in [0.1, 0.15) is 17.3 Å². The molecule has 0 saturated heterocycles. The fourth-order valence-electron chi connectivity index (χ4n) is 4.18. The number of carbonyl (C=O) groups excluding carboxylic acids is 2. The van der Waals surface area contributed by atoms with Crippen LogP contribution in [0.1, 0.15) is 15.9 Å². The van der Waals surface area contributed by atoms with Crippen molar-refractivity contribution in [1.29, 1.82) is 0 Å². The fraction of sp³-hybridized carbons (Fsp3) is 0.130. The Hall–Kier alpha value is -4.07. The number of hydrogen-bond donors (Lipinski definition) is 2. The van der Waals surface area contributed by atoms with Gasteiger partial charge in [-0.05, 0) is 42.5 Å². The van der Waals surface area contributed by atoms with E-state index in [-0.39, 0.29) is 0 Å². The van der Waals surface area contributed by atoms with Gasteiger partial charge in [0.15, 0.2) is 0 Å². The number of benzene rings is 3. The number of rotatable bonds is 3. The summed E-state index contributed by atoms with van der Waals surface area (Å²) in [7, 11) is 2.99. The lowest BCUT2D eigenvalue weighted by Gasteiger charge is -2.44. The van der Waals surface area contributed by atoms with Crippen LogP contribution >= 0.6 is 0 Å². The van der Waals surface area contributed by atoms with Gasteiger partial charge in [0, 0.05) is 17.3 Å². The number of amides is 2. The summed E-state index contributed by atoms with van der Waals surface area (Å²) in [6.07, 6.45) is 0. The Morgan fingerprint density at radius 1 is 0.935 bits per heavy atom. The summed E-state index contributed by atoms with van der Waals surface area (Å²) < 4.78 is 24.7. The van der Waals surface area contributed by atoms with Crippen LogP contribution in [0.25, 0.3) is 0 Å². The highest BCUT2D eigenvalue weighted by Crippen LogP contribution is 2.49. The first-order valence-electron chi connectivity index (χ1n) is 9.55. The largest absolute Gasteiger partial charge is 0.497 e. The SMILES string of the molecule is COc1ccc(N2C(=O)c3ccccc3N[C@]23C(=O)Nc2cc(F)ccc23)c(OC)c1. The van der Waals surface area contributed by atoms with E-state index in [1.165, 1.54) is 37.3 Å². The molecule has 7 nitrogen and oxygen atoms in total. The average molecular weight is 419 g/mol. The maximum atomic E-state index is 13.9. The highest BCUT2D eigenvalue weighted by Gasteiger charge is 2.57. The first kappa shape index (κ1) is 18.9. The van der Waals surface area contributed by atoms with Crippen molar-refractivity contribution in [2.45, 2.75) is 5.66 Å². The summed E-state index contributed by atoms with van der Waals surface area (Å²) in [5.41, 5.74) is 0.360. The number of ether oxygens (including phenoxy) is 2. The predicted molar refractivity (Wildman–Crippen MR) is 113 cm³/mol. The first-order chi connectivity index (χ1) is 15.0.